The molecule has 0 saturated carbocycles. The van der Waals surface area contributed by atoms with E-state index in [1.54, 1.807) is 13.0 Å². The SMILES string of the molecule is CC(O)CN(C)Cc1ccc2oc(C(=O)O)cc2c1. The van der Waals surface area contributed by atoms with Crippen LogP contribution in [0.1, 0.15) is 23.0 Å². The zero-order valence-corrected chi connectivity index (χ0v) is 11.0. The van der Waals surface area contributed by atoms with Crippen LogP contribution in [0.25, 0.3) is 11.0 Å². The molecular formula is C14H17NO4. The van der Waals surface area contributed by atoms with Gasteiger partial charge in [-0.05, 0) is 37.7 Å². The van der Waals surface area contributed by atoms with Crippen LogP contribution in [0.15, 0.2) is 28.7 Å². The minimum absolute atomic E-state index is 0.0514. The van der Waals surface area contributed by atoms with E-state index in [1.807, 2.05) is 24.1 Å². The molecule has 0 saturated heterocycles. The number of hydrogen-bond acceptors (Lipinski definition) is 4. The number of rotatable bonds is 5. The summed E-state index contributed by atoms with van der Waals surface area (Å²) in [5.74, 6) is -1.12. The van der Waals surface area contributed by atoms with Crippen LogP contribution in [0, 0.1) is 0 Å². The Labute approximate surface area is 111 Å². The smallest absolute Gasteiger partial charge is 0.371 e. The lowest BCUT2D eigenvalue weighted by atomic mass is 10.1. The van der Waals surface area contributed by atoms with Crippen molar-refractivity contribution in [2.24, 2.45) is 0 Å². The van der Waals surface area contributed by atoms with Crippen molar-refractivity contribution in [1.82, 2.24) is 4.90 Å². The molecule has 2 rings (SSSR count). The van der Waals surface area contributed by atoms with E-state index >= 15 is 0 Å². The maximum atomic E-state index is 10.8. The number of aliphatic hydroxyl groups excluding tert-OH is 1. The molecule has 0 aliphatic carbocycles. The molecule has 0 amide bonds. The minimum atomic E-state index is -1.07. The number of carbonyl (C=O) groups is 1. The highest BCUT2D eigenvalue weighted by Crippen LogP contribution is 2.21. The predicted octanol–water partition coefficient (Wildman–Crippen LogP) is 1.94. The van der Waals surface area contributed by atoms with Crippen LogP contribution in [0.3, 0.4) is 0 Å². The Hall–Kier alpha value is -1.85. The third-order valence-corrected chi connectivity index (χ3v) is 2.82. The van der Waals surface area contributed by atoms with Gasteiger partial charge in [-0.3, -0.25) is 4.90 Å². The van der Waals surface area contributed by atoms with E-state index in [0.717, 1.165) is 10.9 Å². The van der Waals surface area contributed by atoms with Crippen LogP contribution in [0.2, 0.25) is 0 Å². The predicted molar refractivity (Wildman–Crippen MR) is 71.2 cm³/mol. The second-order valence-electron chi connectivity index (χ2n) is 4.83. The van der Waals surface area contributed by atoms with Crippen molar-refractivity contribution in [1.29, 1.82) is 0 Å². The number of fused-ring (bicyclic) bond motifs is 1. The van der Waals surface area contributed by atoms with Crippen molar-refractivity contribution >= 4 is 16.9 Å². The fourth-order valence-electron chi connectivity index (χ4n) is 2.12. The van der Waals surface area contributed by atoms with Gasteiger partial charge in [0.25, 0.3) is 0 Å². The lowest BCUT2D eigenvalue weighted by Crippen LogP contribution is -2.26. The summed E-state index contributed by atoms with van der Waals surface area (Å²) in [5.41, 5.74) is 1.62. The Morgan fingerprint density at radius 3 is 2.79 bits per heavy atom. The van der Waals surface area contributed by atoms with Crippen LogP contribution >= 0.6 is 0 Å². The van der Waals surface area contributed by atoms with Crippen LogP contribution in [-0.4, -0.2) is 40.8 Å². The molecule has 0 radical (unpaired) electrons. The number of carboxylic acids is 1. The average molecular weight is 263 g/mol. The van der Waals surface area contributed by atoms with E-state index in [-0.39, 0.29) is 11.9 Å². The number of nitrogens with zero attached hydrogens (tertiary/aromatic N) is 1. The summed E-state index contributed by atoms with van der Waals surface area (Å²) in [6, 6.07) is 7.10. The topological polar surface area (TPSA) is 73.9 Å². The number of likely N-dealkylation sites (N-methyl/N-ethyl adjacent to an activating group) is 1. The molecule has 1 aromatic heterocycles. The van der Waals surface area contributed by atoms with Gasteiger partial charge < -0.3 is 14.6 Å². The first-order valence-corrected chi connectivity index (χ1v) is 6.08. The van der Waals surface area contributed by atoms with Gasteiger partial charge in [0, 0.05) is 18.5 Å². The lowest BCUT2D eigenvalue weighted by molar-refractivity contribution is 0.0665. The fraction of sp³-hybridized carbons (Fsp3) is 0.357. The van der Waals surface area contributed by atoms with Gasteiger partial charge in [0.15, 0.2) is 0 Å². The van der Waals surface area contributed by atoms with Crippen LogP contribution < -0.4 is 0 Å². The van der Waals surface area contributed by atoms with Crippen molar-refractivity contribution in [3.63, 3.8) is 0 Å². The lowest BCUT2D eigenvalue weighted by Gasteiger charge is -2.18. The molecule has 19 heavy (non-hydrogen) atoms. The van der Waals surface area contributed by atoms with Gasteiger partial charge in [0.2, 0.25) is 5.76 Å². The first-order chi connectivity index (χ1) is 8.95. The molecule has 0 bridgehead atoms. The van der Waals surface area contributed by atoms with Gasteiger partial charge in [-0.25, -0.2) is 4.79 Å². The standard InChI is InChI=1S/C14H17NO4/c1-9(16)7-15(2)8-10-3-4-12-11(5-10)6-13(19-12)14(17)18/h3-6,9,16H,7-8H2,1-2H3,(H,17,18). The van der Waals surface area contributed by atoms with Crippen molar-refractivity contribution < 1.29 is 19.4 Å². The van der Waals surface area contributed by atoms with Crippen molar-refractivity contribution in [3.05, 3.63) is 35.6 Å². The highest BCUT2D eigenvalue weighted by atomic mass is 16.4. The van der Waals surface area contributed by atoms with Gasteiger partial charge >= 0.3 is 5.97 Å². The molecule has 5 heteroatoms. The summed E-state index contributed by atoms with van der Waals surface area (Å²) in [6.07, 6.45) is -0.374. The molecule has 2 N–H and O–H groups in total. The van der Waals surface area contributed by atoms with E-state index in [4.69, 9.17) is 9.52 Å². The number of benzene rings is 1. The third-order valence-electron chi connectivity index (χ3n) is 2.82. The fourth-order valence-corrected chi connectivity index (χ4v) is 2.12. The Balaban J connectivity index is 2.19. The molecule has 102 valence electrons. The largest absolute Gasteiger partial charge is 0.475 e. The Kier molecular flexibility index (Phi) is 3.87. The monoisotopic (exact) mass is 263 g/mol. The van der Waals surface area contributed by atoms with E-state index < -0.39 is 5.97 Å². The maximum Gasteiger partial charge on any atom is 0.371 e. The molecule has 1 atom stereocenters. The van der Waals surface area contributed by atoms with E-state index in [0.29, 0.717) is 18.7 Å². The normalized spacial score (nSPS) is 13.1. The molecule has 2 aromatic rings. The summed E-state index contributed by atoms with van der Waals surface area (Å²) in [5, 5.41) is 19.0. The number of aliphatic hydroxyl groups is 1. The Morgan fingerprint density at radius 1 is 1.42 bits per heavy atom. The number of furan rings is 1. The summed E-state index contributed by atoms with van der Waals surface area (Å²) in [6.45, 7) is 3.02. The van der Waals surface area contributed by atoms with Gasteiger partial charge in [-0.15, -0.1) is 0 Å². The highest BCUT2D eigenvalue weighted by molar-refractivity contribution is 5.91. The van der Waals surface area contributed by atoms with Crippen molar-refractivity contribution in [2.75, 3.05) is 13.6 Å². The van der Waals surface area contributed by atoms with E-state index in [2.05, 4.69) is 0 Å². The zero-order chi connectivity index (χ0) is 14.0. The number of aromatic carboxylic acids is 1. The minimum Gasteiger partial charge on any atom is -0.475 e. The quantitative estimate of drug-likeness (QED) is 0.862. The van der Waals surface area contributed by atoms with Crippen molar-refractivity contribution in [2.45, 2.75) is 19.6 Å². The Morgan fingerprint density at radius 2 is 2.16 bits per heavy atom. The first kappa shape index (κ1) is 13.6. The summed E-state index contributed by atoms with van der Waals surface area (Å²) in [7, 11) is 1.93. The van der Waals surface area contributed by atoms with E-state index in [1.165, 1.54) is 6.07 Å². The van der Waals surface area contributed by atoms with Crippen LogP contribution in [0.5, 0.6) is 0 Å². The molecule has 0 aliphatic rings. The van der Waals surface area contributed by atoms with Gasteiger partial charge in [-0.1, -0.05) is 6.07 Å². The number of carboxylic acid groups (broad SMARTS) is 1. The molecule has 1 unspecified atom stereocenters. The third kappa shape index (κ3) is 3.33. The number of hydrogen-bond donors (Lipinski definition) is 2. The van der Waals surface area contributed by atoms with Crippen LogP contribution in [0.4, 0.5) is 0 Å². The van der Waals surface area contributed by atoms with Crippen molar-refractivity contribution in [3.8, 4) is 0 Å². The molecular weight excluding hydrogens is 246 g/mol. The molecule has 5 nitrogen and oxygen atoms in total. The molecule has 1 aromatic carbocycles. The van der Waals surface area contributed by atoms with Gasteiger partial charge in [0.1, 0.15) is 5.58 Å². The van der Waals surface area contributed by atoms with Gasteiger partial charge in [-0.2, -0.15) is 0 Å². The maximum absolute atomic E-state index is 10.8. The van der Waals surface area contributed by atoms with E-state index in [9.17, 15) is 9.90 Å². The van der Waals surface area contributed by atoms with Crippen LogP contribution in [-0.2, 0) is 6.54 Å². The Bertz CT molecular complexity index is 588. The summed E-state index contributed by atoms with van der Waals surface area (Å²) < 4.78 is 5.20. The molecule has 0 fully saturated rings. The molecule has 0 spiro atoms. The average Bonchev–Trinajstić information content (AvgIpc) is 2.70. The highest BCUT2D eigenvalue weighted by Gasteiger charge is 2.11. The van der Waals surface area contributed by atoms with Gasteiger partial charge in [0.05, 0.1) is 6.10 Å². The summed E-state index contributed by atoms with van der Waals surface area (Å²) >= 11 is 0. The second-order valence-corrected chi connectivity index (χ2v) is 4.83. The molecule has 1 heterocycles. The first-order valence-electron chi connectivity index (χ1n) is 6.08. The zero-order valence-electron chi connectivity index (χ0n) is 11.0. The summed E-state index contributed by atoms with van der Waals surface area (Å²) in [4.78, 5) is 12.8. The molecule has 0 aliphatic heterocycles. The second kappa shape index (κ2) is 5.42.